The van der Waals surface area contributed by atoms with E-state index in [0.717, 1.165) is 38.5 Å². The number of esters is 2. The summed E-state index contributed by atoms with van der Waals surface area (Å²) >= 11 is 0. The second-order valence-electron chi connectivity index (χ2n) is 12.6. The van der Waals surface area contributed by atoms with Crippen molar-refractivity contribution in [1.82, 2.24) is 0 Å². The summed E-state index contributed by atoms with van der Waals surface area (Å²) in [5, 5.41) is 0. The predicted molar refractivity (Wildman–Crippen MR) is 131 cm³/mol. The van der Waals surface area contributed by atoms with Crippen LogP contribution in [0.5, 0.6) is 0 Å². The van der Waals surface area contributed by atoms with E-state index in [1.54, 1.807) is 0 Å². The predicted octanol–water partition coefficient (Wildman–Crippen LogP) is 6.13. The number of carbonyl (C=O) groups excluding carboxylic acids is 3. The van der Waals surface area contributed by atoms with E-state index in [0.29, 0.717) is 54.1 Å². The number of rotatable bonds is 5. The van der Waals surface area contributed by atoms with E-state index in [-0.39, 0.29) is 28.9 Å². The monoisotopic (exact) mass is 474 g/mol. The number of ketones is 1. The Morgan fingerprint density at radius 3 is 2.50 bits per heavy atom. The molecule has 4 aliphatic rings. The van der Waals surface area contributed by atoms with Crippen LogP contribution < -0.4 is 0 Å². The van der Waals surface area contributed by atoms with Crippen molar-refractivity contribution in [1.29, 1.82) is 0 Å². The van der Waals surface area contributed by atoms with Gasteiger partial charge >= 0.3 is 11.9 Å². The average molecular weight is 475 g/mol. The number of fused-ring (bicyclic) bond motifs is 5. The Balaban J connectivity index is 1.56. The van der Waals surface area contributed by atoms with Gasteiger partial charge in [-0.1, -0.05) is 33.6 Å². The Hall–Kier alpha value is -1.39. The molecular weight excluding hydrogens is 428 g/mol. The van der Waals surface area contributed by atoms with Crippen LogP contribution in [0.4, 0.5) is 0 Å². The molecule has 0 aromatic rings. The van der Waals surface area contributed by atoms with Gasteiger partial charge in [0.25, 0.3) is 0 Å². The molecule has 0 radical (unpaired) electrons. The lowest BCUT2D eigenvalue weighted by Gasteiger charge is -2.58. The lowest BCUT2D eigenvalue weighted by Crippen LogP contribution is -2.55. The standard InChI is InChI=1S/C29H46O5/c1-18(10-13-27(32)33-5)23-11-12-24-22-9-7-6-8-20-16-21(34-19(2)30)14-15-28(20,3)25(22)17-26(31)29(23,24)4/h18,20-25H,6-17H2,1-5H3/t18-,20+,21-,22?,23-,24?,25?,28+,29?/m1/s1. The summed E-state index contributed by atoms with van der Waals surface area (Å²) in [5.41, 5.74) is -0.0932. The molecule has 5 heteroatoms. The molecule has 0 aliphatic heterocycles. The number of methoxy groups -OCH3 is 1. The van der Waals surface area contributed by atoms with Gasteiger partial charge in [-0.15, -0.1) is 0 Å². The minimum absolute atomic E-state index is 0.0459. The van der Waals surface area contributed by atoms with Crippen molar-refractivity contribution in [2.75, 3.05) is 7.11 Å². The fourth-order valence-electron chi connectivity index (χ4n) is 9.24. The molecule has 4 unspecified atom stereocenters. The molecule has 0 saturated heterocycles. The van der Waals surface area contributed by atoms with Gasteiger partial charge < -0.3 is 9.47 Å². The van der Waals surface area contributed by atoms with Crippen molar-refractivity contribution < 1.29 is 23.9 Å². The van der Waals surface area contributed by atoms with Gasteiger partial charge in [-0.2, -0.15) is 0 Å². The van der Waals surface area contributed by atoms with Gasteiger partial charge in [0.2, 0.25) is 0 Å². The number of hydrogen-bond acceptors (Lipinski definition) is 5. The SMILES string of the molecule is COC(=O)CC[C@@H](C)[C@H]1CCC2C3CCCC[C@H]4C[C@H](OC(C)=O)CC[C@]4(C)C3CC(=O)C21C. The average Bonchev–Trinajstić information content (AvgIpc) is 3.15. The maximum absolute atomic E-state index is 14.0. The van der Waals surface area contributed by atoms with Crippen molar-refractivity contribution in [3.05, 3.63) is 0 Å². The second-order valence-corrected chi connectivity index (χ2v) is 12.6. The van der Waals surface area contributed by atoms with Crippen LogP contribution >= 0.6 is 0 Å². The van der Waals surface area contributed by atoms with Crippen LogP contribution in [-0.4, -0.2) is 30.9 Å². The molecular formula is C29H46O5. The summed E-state index contributed by atoms with van der Waals surface area (Å²) in [6, 6.07) is 0. The topological polar surface area (TPSA) is 69.7 Å². The van der Waals surface area contributed by atoms with E-state index < -0.39 is 0 Å². The molecule has 4 aliphatic carbocycles. The molecule has 5 nitrogen and oxygen atoms in total. The number of hydrogen-bond donors (Lipinski definition) is 0. The first-order chi connectivity index (χ1) is 16.1. The minimum atomic E-state index is -0.253. The molecule has 0 bridgehead atoms. The smallest absolute Gasteiger partial charge is 0.305 e. The Labute approximate surface area is 206 Å². The molecule has 34 heavy (non-hydrogen) atoms. The second kappa shape index (κ2) is 9.93. The molecule has 0 N–H and O–H groups in total. The van der Waals surface area contributed by atoms with Crippen molar-refractivity contribution in [3.63, 3.8) is 0 Å². The van der Waals surface area contributed by atoms with Crippen LogP contribution in [0, 0.1) is 46.3 Å². The Morgan fingerprint density at radius 1 is 1.06 bits per heavy atom. The zero-order chi connectivity index (χ0) is 24.7. The van der Waals surface area contributed by atoms with Gasteiger partial charge in [0.1, 0.15) is 11.9 Å². The highest BCUT2D eigenvalue weighted by atomic mass is 16.5. The third-order valence-electron chi connectivity index (χ3n) is 11.1. The summed E-state index contributed by atoms with van der Waals surface area (Å²) in [7, 11) is 1.45. The third-order valence-corrected chi connectivity index (χ3v) is 11.1. The van der Waals surface area contributed by atoms with Crippen molar-refractivity contribution >= 4 is 17.7 Å². The quantitative estimate of drug-likeness (QED) is 0.449. The highest BCUT2D eigenvalue weighted by Gasteiger charge is 2.62. The molecule has 0 amide bonds. The summed E-state index contributed by atoms with van der Waals surface area (Å²) in [6.07, 6.45) is 12.1. The van der Waals surface area contributed by atoms with Crippen molar-refractivity contribution in [3.8, 4) is 0 Å². The van der Waals surface area contributed by atoms with Gasteiger partial charge in [-0.05, 0) is 92.3 Å². The number of carbonyl (C=O) groups is 3. The maximum Gasteiger partial charge on any atom is 0.305 e. The van der Waals surface area contributed by atoms with E-state index in [1.807, 2.05) is 0 Å². The largest absolute Gasteiger partial charge is 0.469 e. The highest BCUT2D eigenvalue weighted by molar-refractivity contribution is 5.87. The van der Waals surface area contributed by atoms with Gasteiger partial charge in [0.05, 0.1) is 7.11 Å². The number of Topliss-reactive ketones (excluding diaryl/α,β-unsaturated/α-hetero) is 1. The van der Waals surface area contributed by atoms with Crippen LogP contribution in [0.25, 0.3) is 0 Å². The highest BCUT2D eigenvalue weighted by Crippen LogP contribution is 2.65. The van der Waals surface area contributed by atoms with E-state index in [4.69, 9.17) is 9.47 Å². The molecule has 4 rings (SSSR count). The van der Waals surface area contributed by atoms with Crippen LogP contribution in [0.15, 0.2) is 0 Å². The van der Waals surface area contributed by atoms with E-state index in [2.05, 4.69) is 20.8 Å². The fraction of sp³-hybridized carbons (Fsp3) is 0.897. The normalized spacial score (nSPS) is 42.9. The van der Waals surface area contributed by atoms with Gasteiger partial charge in [0, 0.05) is 25.2 Å². The Morgan fingerprint density at radius 2 is 1.79 bits per heavy atom. The first-order valence-electron chi connectivity index (χ1n) is 13.9. The van der Waals surface area contributed by atoms with Crippen LogP contribution in [0.3, 0.4) is 0 Å². The zero-order valence-corrected chi connectivity index (χ0v) is 22.1. The summed E-state index contributed by atoms with van der Waals surface area (Å²) in [4.78, 5) is 37.4. The minimum Gasteiger partial charge on any atom is -0.469 e. The van der Waals surface area contributed by atoms with E-state index in [1.165, 1.54) is 39.7 Å². The maximum atomic E-state index is 14.0. The van der Waals surface area contributed by atoms with Crippen molar-refractivity contribution in [2.45, 2.75) is 111 Å². The lowest BCUT2D eigenvalue weighted by molar-refractivity contribution is -0.161. The lowest BCUT2D eigenvalue weighted by atomic mass is 9.46. The summed E-state index contributed by atoms with van der Waals surface area (Å²) in [6.45, 7) is 8.50. The molecule has 192 valence electrons. The number of ether oxygens (including phenoxy) is 2. The van der Waals surface area contributed by atoms with E-state index >= 15 is 0 Å². The van der Waals surface area contributed by atoms with Crippen LogP contribution in [0.1, 0.15) is 105 Å². The first-order valence-corrected chi connectivity index (χ1v) is 13.9. The Bertz CT molecular complexity index is 791. The zero-order valence-electron chi connectivity index (χ0n) is 22.1. The summed E-state index contributed by atoms with van der Waals surface area (Å²) < 4.78 is 10.5. The molecule has 0 aromatic carbocycles. The third kappa shape index (κ3) is 4.46. The molecule has 4 saturated carbocycles. The van der Waals surface area contributed by atoms with Gasteiger partial charge in [-0.25, -0.2) is 0 Å². The van der Waals surface area contributed by atoms with Gasteiger partial charge in [-0.3, -0.25) is 14.4 Å². The fourth-order valence-corrected chi connectivity index (χ4v) is 9.24. The molecule has 0 heterocycles. The van der Waals surface area contributed by atoms with Crippen LogP contribution in [-0.2, 0) is 23.9 Å². The summed E-state index contributed by atoms with van der Waals surface area (Å²) in [5.74, 6) is 2.94. The first kappa shape index (κ1) is 25.7. The molecule has 9 atom stereocenters. The molecule has 0 spiro atoms. The molecule has 0 aromatic heterocycles. The van der Waals surface area contributed by atoms with Crippen molar-refractivity contribution in [2.24, 2.45) is 46.3 Å². The Kier molecular flexibility index (Phi) is 7.51. The van der Waals surface area contributed by atoms with Gasteiger partial charge in [0.15, 0.2) is 0 Å². The molecule has 4 fully saturated rings. The van der Waals surface area contributed by atoms with Crippen LogP contribution in [0.2, 0.25) is 0 Å². The van der Waals surface area contributed by atoms with E-state index in [9.17, 15) is 14.4 Å².